The van der Waals surface area contributed by atoms with Crippen LogP contribution in [0.5, 0.6) is 5.75 Å². The van der Waals surface area contributed by atoms with Gasteiger partial charge in [0.1, 0.15) is 5.75 Å². The largest absolute Gasteiger partial charge is 0.480 e. The lowest BCUT2D eigenvalue weighted by Crippen LogP contribution is -2.64. The number of benzene rings is 1. The van der Waals surface area contributed by atoms with E-state index in [9.17, 15) is 4.79 Å². The molecule has 0 radical (unpaired) electrons. The molecule has 0 saturated carbocycles. The lowest BCUT2D eigenvalue weighted by Gasteiger charge is -2.53. The molecular weight excluding hydrogens is 364 g/mol. The molecule has 1 saturated heterocycles. The molecule has 1 heterocycles. The highest BCUT2D eigenvalue weighted by Gasteiger charge is 2.46. The van der Waals surface area contributed by atoms with E-state index in [1.165, 1.54) is 5.56 Å². The van der Waals surface area contributed by atoms with Gasteiger partial charge in [-0.05, 0) is 78.9 Å². The predicted molar refractivity (Wildman–Crippen MR) is 118 cm³/mol. The van der Waals surface area contributed by atoms with Crippen molar-refractivity contribution in [3.63, 3.8) is 0 Å². The monoisotopic (exact) mass is 404 g/mol. The van der Waals surface area contributed by atoms with Crippen molar-refractivity contribution >= 4 is 5.91 Å². The first-order valence-electron chi connectivity index (χ1n) is 10.9. The zero-order valence-corrected chi connectivity index (χ0v) is 19.6. The Bertz CT molecular complexity index is 681. The zero-order valence-electron chi connectivity index (χ0n) is 19.6. The number of nitrogens with zero attached hydrogens (tertiary/aromatic N) is 1. The average Bonchev–Trinajstić information content (AvgIpc) is 2.58. The second kappa shape index (κ2) is 9.48. The third kappa shape index (κ3) is 5.95. The number of hydrogen-bond donors (Lipinski definition) is 1. The lowest BCUT2D eigenvalue weighted by atomic mass is 9.79. The Balaban J connectivity index is 2.13. The minimum Gasteiger partial charge on any atom is -0.480 e. The molecule has 1 fully saturated rings. The number of amides is 1. The van der Waals surface area contributed by atoms with Crippen molar-refractivity contribution in [2.75, 3.05) is 7.11 Å². The summed E-state index contributed by atoms with van der Waals surface area (Å²) in [7, 11) is 1.72. The van der Waals surface area contributed by atoms with Crippen molar-refractivity contribution in [2.45, 2.75) is 104 Å². The van der Waals surface area contributed by atoms with Crippen LogP contribution in [0.3, 0.4) is 0 Å². The van der Waals surface area contributed by atoms with Gasteiger partial charge in [0.15, 0.2) is 6.10 Å². The molecule has 1 amide bonds. The van der Waals surface area contributed by atoms with Crippen LogP contribution in [0, 0.1) is 13.8 Å². The molecule has 1 atom stereocenters. The highest BCUT2D eigenvalue weighted by atomic mass is 16.7. The number of ether oxygens (including phenoxy) is 1. The number of piperidine rings is 1. The smallest absolute Gasteiger partial charge is 0.261 e. The molecule has 1 unspecified atom stereocenters. The molecule has 2 rings (SSSR count). The molecule has 5 heteroatoms. The van der Waals surface area contributed by atoms with E-state index < -0.39 is 6.10 Å². The van der Waals surface area contributed by atoms with Gasteiger partial charge in [0.2, 0.25) is 0 Å². The molecule has 0 aromatic heterocycles. The SMILES string of the molecule is CCCCC(Oc1ccc(C)cc1C)C(=O)NC1CC(C)(C)N(OC)C(C)(C)C1. The number of unbranched alkanes of at least 4 members (excludes halogenated alkanes) is 1. The Morgan fingerprint density at radius 1 is 1.21 bits per heavy atom. The third-order valence-electron chi connectivity index (χ3n) is 5.83. The predicted octanol–water partition coefficient (Wildman–Crippen LogP) is 4.94. The van der Waals surface area contributed by atoms with Gasteiger partial charge in [-0.25, -0.2) is 0 Å². The van der Waals surface area contributed by atoms with E-state index in [1.54, 1.807) is 7.11 Å². The Kier molecular flexibility index (Phi) is 7.74. The van der Waals surface area contributed by atoms with Gasteiger partial charge in [0.05, 0.1) is 7.11 Å². The Hall–Kier alpha value is -1.59. The molecular formula is C24H40N2O3. The normalized spacial score (nSPS) is 20.3. The van der Waals surface area contributed by atoms with Crippen molar-refractivity contribution in [2.24, 2.45) is 0 Å². The minimum atomic E-state index is -0.469. The summed E-state index contributed by atoms with van der Waals surface area (Å²) in [6.07, 6.45) is 3.91. The maximum absolute atomic E-state index is 13.2. The summed E-state index contributed by atoms with van der Waals surface area (Å²) < 4.78 is 6.20. The van der Waals surface area contributed by atoms with Crippen LogP contribution in [0.4, 0.5) is 0 Å². The van der Waals surface area contributed by atoms with Crippen LogP contribution in [0.1, 0.15) is 77.8 Å². The van der Waals surface area contributed by atoms with Crippen LogP contribution in [0.25, 0.3) is 0 Å². The fourth-order valence-corrected chi connectivity index (χ4v) is 4.87. The van der Waals surface area contributed by atoms with Gasteiger partial charge < -0.3 is 14.9 Å². The van der Waals surface area contributed by atoms with Gasteiger partial charge in [0, 0.05) is 17.1 Å². The Morgan fingerprint density at radius 3 is 2.34 bits per heavy atom. The molecule has 1 aromatic carbocycles. The summed E-state index contributed by atoms with van der Waals surface area (Å²) in [6.45, 7) is 14.9. The van der Waals surface area contributed by atoms with Crippen LogP contribution < -0.4 is 10.1 Å². The summed E-state index contributed by atoms with van der Waals surface area (Å²) in [5, 5.41) is 5.35. The fourth-order valence-electron chi connectivity index (χ4n) is 4.87. The second-order valence-electron chi connectivity index (χ2n) is 9.73. The van der Waals surface area contributed by atoms with E-state index in [4.69, 9.17) is 9.57 Å². The van der Waals surface area contributed by atoms with Crippen molar-refractivity contribution in [1.82, 2.24) is 10.4 Å². The molecule has 0 aliphatic carbocycles. The zero-order chi connectivity index (χ0) is 21.8. The third-order valence-corrected chi connectivity index (χ3v) is 5.83. The van der Waals surface area contributed by atoms with Crippen molar-refractivity contribution in [3.05, 3.63) is 29.3 Å². The molecule has 1 aliphatic heterocycles. The fraction of sp³-hybridized carbons (Fsp3) is 0.708. The first-order chi connectivity index (χ1) is 13.5. The van der Waals surface area contributed by atoms with Gasteiger partial charge in [-0.1, -0.05) is 31.0 Å². The molecule has 0 spiro atoms. The van der Waals surface area contributed by atoms with Gasteiger partial charge in [0.25, 0.3) is 5.91 Å². The van der Waals surface area contributed by atoms with E-state index in [2.05, 4.69) is 58.0 Å². The molecule has 1 aromatic rings. The first kappa shape index (κ1) is 23.7. The highest BCUT2D eigenvalue weighted by Crippen LogP contribution is 2.38. The topological polar surface area (TPSA) is 50.8 Å². The minimum absolute atomic E-state index is 0.0131. The second-order valence-corrected chi connectivity index (χ2v) is 9.73. The van der Waals surface area contributed by atoms with E-state index >= 15 is 0 Å². The number of rotatable bonds is 8. The van der Waals surface area contributed by atoms with Crippen LogP contribution >= 0.6 is 0 Å². The number of hydrogen-bond acceptors (Lipinski definition) is 4. The molecule has 164 valence electrons. The molecule has 1 aliphatic rings. The molecule has 1 N–H and O–H groups in total. The van der Waals surface area contributed by atoms with Crippen molar-refractivity contribution < 1.29 is 14.4 Å². The molecule has 5 nitrogen and oxygen atoms in total. The van der Waals surface area contributed by atoms with Gasteiger partial charge >= 0.3 is 0 Å². The maximum Gasteiger partial charge on any atom is 0.261 e. The molecule has 29 heavy (non-hydrogen) atoms. The number of carbonyl (C=O) groups excluding carboxylic acids is 1. The van der Waals surface area contributed by atoms with E-state index in [0.29, 0.717) is 0 Å². The van der Waals surface area contributed by atoms with E-state index in [0.717, 1.165) is 43.4 Å². The summed E-state index contributed by atoms with van der Waals surface area (Å²) >= 11 is 0. The van der Waals surface area contributed by atoms with Crippen molar-refractivity contribution in [1.29, 1.82) is 0 Å². The van der Waals surface area contributed by atoms with E-state index in [1.807, 2.05) is 19.1 Å². The summed E-state index contributed by atoms with van der Waals surface area (Å²) in [4.78, 5) is 18.9. The Morgan fingerprint density at radius 2 is 1.83 bits per heavy atom. The van der Waals surface area contributed by atoms with Gasteiger partial charge in [-0.15, -0.1) is 0 Å². The molecule has 0 bridgehead atoms. The van der Waals surface area contributed by atoms with Crippen LogP contribution in [-0.2, 0) is 9.63 Å². The highest BCUT2D eigenvalue weighted by molar-refractivity contribution is 5.81. The standard InChI is InChI=1S/C24H40N2O3/c1-9-10-11-21(29-20-13-12-17(2)14-18(20)3)22(27)25-19-15-23(4,5)26(28-8)24(6,7)16-19/h12-14,19,21H,9-11,15-16H2,1-8H3,(H,25,27). The van der Waals surface area contributed by atoms with Crippen LogP contribution in [0.15, 0.2) is 18.2 Å². The number of hydroxylamine groups is 2. The summed E-state index contributed by atoms with van der Waals surface area (Å²) in [5.74, 6) is 0.780. The first-order valence-corrected chi connectivity index (χ1v) is 10.9. The number of nitrogens with one attached hydrogen (secondary N) is 1. The maximum atomic E-state index is 13.2. The van der Waals surface area contributed by atoms with Gasteiger partial charge in [-0.2, -0.15) is 5.06 Å². The number of carbonyl (C=O) groups is 1. The average molecular weight is 405 g/mol. The van der Waals surface area contributed by atoms with Crippen LogP contribution in [-0.4, -0.2) is 41.3 Å². The van der Waals surface area contributed by atoms with Gasteiger partial charge in [-0.3, -0.25) is 4.79 Å². The Labute approximate surface area is 177 Å². The number of aryl methyl sites for hydroxylation is 2. The van der Waals surface area contributed by atoms with E-state index in [-0.39, 0.29) is 23.0 Å². The summed E-state index contributed by atoms with van der Waals surface area (Å²) in [5.41, 5.74) is 1.93. The summed E-state index contributed by atoms with van der Waals surface area (Å²) in [6, 6.07) is 6.18. The lowest BCUT2D eigenvalue weighted by molar-refractivity contribution is -0.267. The van der Waals surface area contributed by atoms with Crippen LogP contribution in [0.2, 0.25) is 0 Å². The quantitative estimate of drug-likeness (QED) is 0.667. The van der Waals surface area contributed by atoms with Crippen molar-refractivity contribution in [3.8, 4) is 5.75 Å².